The second kappa shape index (κ2) is 6.34. The van der Waals surface area contributed by atoms with E-state index in [2.05, 4.69) is 4.74 Å². The van der Waals surface area contributed by atoms with Crippen molar-refractivity contribution in [3.05, 3.63) is 29.6 Å². The minimum Gasteiger partial charge on any atom is -0.488 e. The van der Waals surface area contributed by atoms with Crippen molar-refractivity contribution in [3.63, 3.8) is 0 Å². The summed E-state index contributed by atoms with van der Waals surface area (Å²) in [6, 6.07) is 3.53. The van der Waals surface area contributed by atoms with E-state index in [0.29, 0.717) is 6.29 Å². The topological polar surface area (TPSA) is 35.5 Å². The first kappa shape index (κ1) is 14.4. The molecule has 0 bridgehead atoms. The molecule has 0 heterocycles. The predicted octanol–water partition coefficient (Wildman–Crippen LogP) is 2.60. The third-order valence-electron chi connectivity index (χ3n) is 1.84. The Bertz CT molecular complexity index is 404. The van der Waals surface area contributed by atoms with E-state index in [-0.39, 0.29) is 24.5 Å². The van der Waals surface area contributed by atoms with Gasteiger partial charge < -0.3 is 9.47 Å². The molecule has 7 heteroatoms. The number of hydrogen-bond donors (Lipinski definition) is 0. The van der Waals surface area contributed by atoms with Crippen LogP contribution >= 0.6 is 0 Å². The zero-order valence-corrected chi connectivity index (χ0v) is 9.17. The minimum absolute atomic E-state index is 0.142. The number of ether oxygens (including phenoxy) is 2. The van der Waals surface area contributed by atoms with Gasteiger partial charge in [-0.05, 0) is 18.2 Å². The van der Waals surface area contributed by atoms with E-state index in [1.807, 2.05) is 0 Å². The molecule has 3 nitrogen and oxygen atoms in total. The van der Waals surface area contributed by atoms with Crippen molar-refractivity contribution >= 4 is 6.29 Å². The predicted molar refractivity (Wildman–Crippen MR) is 54.2 cm³/mol. The lowest BCUT2D eigenvalue weighted by atomic mass is 10.2. The molecule has 0 aliphatic heterocycles. The van der Waals surface area contributed by atoms with Gasteiger partial charge >= 0.3 is 6.18 Å². The fourth-order valence-electron chi connectivity index (χ4n) is 1.11. The van der Waals surface area contributed by atoms with Gasteiger partial charge in [-0.2, -0.15) is 13.2 Å². The van der Waals surface area contributed by atoms with Gasteiger partial charge in [-0.15, -0.1) is 0 Å². The first-order valence-electron chi connectivity index (χ1n) is 4.94. The molecule has 0 aliphatic rings. The van der Waals surface area contributed by atoms with Gasteiger partial charge in [-0.1, -0.05) is 0 Å². The number of aldehydes is 1. The number of hydrogen-bond acceptors (Lipinski definition) is 3. The SMILES string of the molecule is O=Cc1ccc(OCCOCC(F)(F)F)c(F)c1. The third-order valence-corrected chi connectivity index (χ3v) is 1.84. The minimum atomic E-state index is -4.39. The third kappa shape index (κ3) is 5.13. The molecule has 0 aromatic heterocycles. The van der Waals surface area contributed by atoms with Crippen molar-refractivity contribution in [2.24, 2.45) is 0 Å². The van der Waals surface area contributed by atoms with Gasteiger partial charge in [0.1, 0.15) is 19.5 Å². The Morgan fingerprint density at radius 3 is 2.50 bits per heavy atom. The van der Waals surface area contributed by atoms with Gasteiger partial charge in [0.2, 0.25) is 0 Å². The van der Waals surface area contributed by atoms with Crippen LogP contribution in [0.1, 0.15) is 10.4 Å². The Labute approximate surface area is 100 Å². The van der Waals surface area contributed by atoms with E-state index in [4.69, 9.17) is 4.74 Å². The smallest absolute Gasteiger partial charge is 0.411 e. The van der Waals surface area contributed by atoms with Crippen molar-refractivity contribution < 1.29 is 31.8 Å². The van der Waals surface area contributed by atoms with Crippen LogP contribution in [0.4, 0.5) is 17.6 Å². The lowest BCUT2D eigenvalue weighted by Crippen LogP contribution is -2.19. The molecule has 0 spiro atoms. The summed E-state index contributed by atoms with van der Waals surface area (Å²) in [7, 11) is 0. The molecule has 1 aromatic rings. The molecule has 0 atom stereocenters. The maximum Gasteiger partial charge on any atom is 0.411 e. The highest BCUT2D eigenvalue weighted by atomic mass is 19.4. The van der Waals surface area contributed by atoms with Gasteiger partial charge in [0.05, 0.1) is 6.61 Å². The van der Waals surface area contributed by atoms with E-state index in [0.717, 1.165) is 6.07 Å². The molecule has 0 aliphatic carbocycles. The summed E-state index contributed by atoms with van der Waals surface area (Å²) in [5.41, 5.74) is 0.146. The largest absolute Gasteiger partial charge is 0.488 e. The fourth-order valence-corrected chi connectivity index (χ4v) is 1.11. The molecule has 0 unspecified atom stereocenters. The first-order chi connectivity index (χ1) is 8.42. The summed E-state index contributed by atoms with van der Waals surface area (Å²) in [4.78, 5) is 10.3. The quantitative estimate of drug-likeness (QED) is 0.451. The Morgan fingerprint density at radius 1 is 1.22 bits per heavy atom. The van der Waals surface area contributed by atoms with Crippen LogP contribution in [0.15, 0.2) is 18.2 Å². The van der Waals surface area contributed by atoms with Crippen LogP contribution in [0, 0.1) is 5.82 Å². The number of alkyl halides is 3. The van der Waals surface area contributed by atoms with Crippen LogP contribution < -0.4 is 4.74 Å². The van der Waals surface area contributed by atoms with Crippen molar-refractivity contribution in [3.8, 4) is 5.75 Å². The number of benzene rings is 1. The van der Waals surface area contributed by atoms with E-state index < -0.39 is 18.6 Å². The molecule has 1 aromatic carbocycles. The normalized spacial score (nSPS) is 11.3. The van der Waals surface area contributed by atoms with Crippen LogP contribution in [0.5, 0.6) is 5.75 Å². The lowest BCUT2D eigenvalue weighted by molar-refractivity contribution is -0.175. The molecule has 100 valence electrons. The second-order valence-electron chi connectivity index (χ2n) is 3.32. The maximum atomic E-state index is 13.2. The highest BCUT2D eigenvalue weighted by molar-refractivity contribution is 5.74. The molecule has 0 amide bonds. The van der Waals surface area contributed by atoms with Crippen molar-refractivity contribution in [1.29, 1.82) is 0 Å². The average molecular weight is 266 g/mol. The molecular weight excluding hydrogens is 256 g/mol. The summed E-state index contributed by atoms with van der Waals surface area (Å²) in [6.07, 6.45) is -3.92. The molecule has 0 fully saturated rings. The number of carbonyl (C=O) groups is 1. The highest BCUT2D eigenvalue weighted by Crippen LogP contribution is 2.18. The van der Waals surface area contributed by atoms with Crippen LogP contribution in [0.3, 0.4) is 0 Å². The molecule has 0 saturated heterocycles. The number of halogens is 4. The summed E-state index contributed by atoms with van der Waals surface area (Å²) in [5, 5.41) is 0. The zero-order valence-electron chi connectivity index (χ0n) is 9.17. The van der Waals surface area contributed by atoms with Gasteiger partial charge in [0, 0.05) is 5.56 Å². The van der Waals surface area contributed by atoms with E-state index >= 15 is 0 Å². The van der Waals surface area contributed by atoms with Crippen molar-refractivity contribution in [1.82, 2.24) is 0 Å². The van der Waals surface area contributed by atoms with Crippen molar-refractivity contribution in [2.45, 2.75) is 6.18 Å². The lowest BCUT2D eigenvalue weighted by Gasteiger charge is -2.09. The highest BCUT2D eigenvalue weighted by Gasteiger charge is 2.27. The Morgan fingerprint density at radius 2 is 1.94 bits per heavy atom. The Hall–Kier alpha value is -1.63. The molecule has 1 rings (SSSR count). The van der Waals surface area contributed by atoms with Gasteiger partial charge in [0.25, 0.3) is 0 Å². The summed E-state index contributed by atoms with van der Waals surface area (Å²) < 4.78 is 57.5. The van der Waals surface area contributed by atoms with Gasteiger partial charge in [-0.3, -0.25) is 4.79 Å². The average Bonchev–Trinajstić information content (AvgIpc) is 2.29. The van der Waals surface area contributed by atoms with E-state index in [1.165, 1.54) is 12.1 Å². The molecule has 0 N–H and O–H groups in total. The number of carbonyl (C=O) groups excluding carboxylic acids is 1. The van der Waals surface area contributed by atoms with Crippen LogP contribution in [0.25, 0.3) is 0 Å². The molecular formula is C11H10F4O3. The molecule has 0 radical (unpaired) electrons. The van der Waals surface area contributed by atoms with Crippen molar-refractivity contribution in [2.75, 3.05) is 19.8 Å². The van der Waals surface area contributed by atoms with Gasteiger partial charge in [-0.25, -0.2) is 4.39 Å². The molecule has 0 saturated carbocycles. The van der Waals surface area contributed by atoms with Crippen LogP contribution in [-0.4, -0.2) is 32.3 Å². The van der Waals surface area contributed by atoms with Crippen LogP contribution in [0.2, 0.25) is 0 Å². The first-order valence-corrected chi connectivity index (χ1v) is 4.94. The summed E-state index contributed by atoms with van der Waals surface area (Å²) in [6.45, 7) is -1.90. The second-order valence-corrected chi connectivity index (χ2v) is 3.32. The van der Waals surface area contributed by atoms with Crippen LogP contribution in [-0.2, 0) is 4.74 Å². The van der Waals surface area contributed by atoms with Gasteiger partial charge in [0.15, 0.2) is 11.6 Å². The standard InChI is InChI=1S/C11H10F4O3/c12-9-5-8(6-16)1-2-10(9)18-4-3-17-7-11(13,14)15/h1-2,5-6H,3-4,7H2. The summed E-state index contributed by atoms with van der Waals surface area (Å²) in [5.74, 6) is -0.897. The summed E-state index contributed by atoms with van der Waals surface area (Å²) >= 11 is 0. The monoisotopic (exact) mass is 266 g/mol. The maximum absolute atomic E-state index is 13.2. The zero-order chi connectivity index (χ0) is 13.6. The van der Waals surface area contributed by atoms with E-state index in [1.54, 1.807) is 0 Å². The Balaban J connectivity index is 2.33. The Kier molecular flexibility index (Phi) is 5.08. The number of rotatable bonds is 6. The van der Waals surface area contributed by atoms with E-state index in [9.17, 15) is 22.4 Å². The molecule has 18 heavy (non-hydrogen) atoms. The fraction of sp³-hybridized carbons (Fsp3) is 0.364.